The normalized spacial score (nSPS) is 9.50. The van der Waals surface area contributed by atoms with Crippen LogP contribution in [0.25, 0.3) is 0 Å². The third-order valence-electron chi connectivity index (χ3n) is 2.04. The van der Waals surface area contributed by atoms with Crippen LogP contribution in [0.5, 0.6) is 0 Å². The molecule has 0 atom stereocenters. The van der Waals surface area contributed by atoms with Gasteiger partial charge in [0.05, 0.1) is 12.2 Å². The maximum atomic E-state index is 13.1. The van der Waals surface area contributed by atoms with Crippen LogP contribution in [0, 0.1) is 18.2 Å². The van der Waals surface area contributed by atoms with Crippen molar-refractivity contribution in [2.24, 2.45) is 0 Å². The van der Waals surface area contributed by atoms with Crippen LogP contribution in [0.3, 0.4) is 0 Å². The zero-order valence-electron chi connectivity index (χ0n) is 8.91. The van der Waals surface area contributed by atoms with E-state index < -0.39 is 11.8 Å². The standard InChI is InChI=1S/C13H13FO2/c1-2-3-4-7-10-16-13(15)11-8-5-6-9-12(11)14/h1,5-6,8-9H,3-4,7,10H2. The molecular formula is C13H13FO2. The lowest BCUT2D eigenvalue weighted by Crippen LogP contribution is -2.08. The van der Waals surface area contributed by atoms with Crippen molar-refractivity contribution in [1.82, 2.24) is 0 Å². The zero-order chi connectivity index (χ0) is 11.8. The van der Waals surface area contributed by atoms with Crippen LogP contribution in [0.15, 0.2) is 24.3 Å². The molecule has 0 aliphatic carbocycles. The van der Waals surface area contributed by atoms with Crippen LogP contribution in [-0.4, -0.2) is 12.6 Å². The van der Waals surface area contributed by atoms with Gasteiger partial charge in [-0.3, -0.25) is 0 Å². The summed E-state index contributed by atoms with van der Waals surface area (Å²) in [6, 6.07) is 5.76. The average molecular weight is 220 g/mol. The van der Waals surface area contributed by atoms with E-state index in [9.17, 15) is 9.18 Å². The van der Waals surface area contributed by atoms with Gasteiger partial charge in [0.25, 0.3) is 0 Å². The zero-order valence-corrected chi connectivity index (χ0v) is 8.91. The van der Waals surface area contributed by atoms with Gasteiger partial charge < -0.3 is 4.74 Å². The SMILES string of the molecule is C#CCCCCOC(=O)c1ccccc1F. The van der Waals surface area contributed by atoms with Crippen LogP contribution < -0.4 is 0 Å². The number of rotatable bonds is 5. The summed E-state index contributed by atoms with van der Waals surface area (Å²) in [5, 5.41) is 0. The molecule has 0 spiro atoms. The van der Waals surface area contributed by atoms with Gasteiger partial charge in [-0.15, -0.1) is 12.3 Å². The Morgan fingerprint density at radius 1 is 1.38 bits per heavy atom. The topological polar surface area (TPSA) is 26.3 Å². The first-order valence-corrected chi connectivity index (χ1v) is 5.11. The highest BCUT2D eigenvalue weighted by Gasteiger charge is 2.11. The maximum Gasteiger partial charge on any atom is 0.341 e. The fourth-order valence-corrected chi connectivity index (χ4v) is 1.20. The molecule has 0 aromatic heterocycles. The minimum atomic E-state index is -0.626. The third kappa shape index (κ3) is 3.74. The summed E-state index contributed by atoms with van der Waals surface area (Å²) in [6.07, 6.45) is 7.24. The van der Waals surface area contributed by atoms with Crippen molar-refractivity contribution in [3.05, 3.63) is 35.6 Å². The molecule has 0 heterocycles. The fraction of sp³-hybridized carbons (Fsp3) is 0.308. The Morgan fingerprint density at radius 2 is 2.12 bits per heavy atom. The first-order chi connectivity index (χ1) is 7.75. The van der Waals surface area contributed by atoms with Gasteiger partial charge in [-0.1, -0.05) is 12.1 Å². The van der Waals surface area contributed by atoms with E-state index >= 15 is 0 Å². The second-order valence-electron chi connectivity index (χ2n) is 3.28. The van der Waals surface area contributed by atoms with Crippen LogP contribution in [0.2, 0.25) is 0 Å². The van der Waals surface area contributed by atoms with Gasteiger partial charge in [0.1, 0.15) is 5.82 Å². The number of ether oxygens (including phenoxy) is 1. The Balaban J connectivity index is 2.36. The Hall–Kier alpha value is -1.82. The summed E-state index contributed by atoms with van der Waals surface area (Å²) in [5.41, 5.74) is -0.0283. The summed E-state index contributed by atoms with van der Waals surface area (Å²) in [5.74, 6) is 1.31. The van der Waals surface area contributed by atoms with Crippen molar-refractivity contribution in [1.29, 1.82) is 0 Å². The second-order valence-corrected chi connectivity index (χ2v) is 3.28. The number of carbonyl (C=O) groups is 1. The van der Waals surface area contributed by atoms with Gasteiger partial charge in [0.2, 0.25) is 0 Å². The van der Waals surface area contributed by atoms with Crippen molar-refractivity contribution >= 4 is 5.97 Å². The maximum absolute atomic E-state index is 13.1. The predicted octanol–water partition coefficient (Wildman–Crippen LogP) is 2.79. The molecule has 1 aromatic carbocycles. The average Bonchev–Trinajstić information content (AvgIpc) is 2.29. The minimum Gasteiger partial charge on any atom is -0.462 e. The number of benzene rings is 1. The largest absolute Gasteiger partial charge is 0.462 e. The van der Waals surface area contributed by atoms with Crippen LogP contribution in [0.1, 0.15) is 29.6 Å². The Labute approximate surface area is 94.4 Å². The van der Waals surface area contributed by atoms with E-state index in [4.69, 9.17) is 11.2 Å². The highest BCUT2D eigenvalue weighted by atomic mass is 19.1. The van der Waals surface area contributed by atoms with E-state index in [-0.39, 0.29) is 12.2 Å². The second kappa shape index (κ2) is 6.62. The van der Waals surface area contributed by atoms with Crippen LogP contribution >= 0.6 is 0 Å². The Kier molecular flexibility index (Phi) is 5.07. The molecule has 16 heavy (non-hydrogen) atoms. The number of hydrogen-bond acceptors (Lipinski definition) is 2. The highest BCUT2D eigenvalue weighted by Crippen LogP contribution is 2.08. The lowest BCUT2D eigenvalue weighted by molar-refractivity contribution is 0.0493. The molecule has 0 radical (unpaired) electrons. The summed E-state index contributed by atoms with van der Waals surface area (Å²) >= 11 is 0. The molecule has 0 unspecified atom stereocenters. The van der Waals surface area contributed by atoms with E-state index in [1.54, 1.807) is 6.07 Å². The van der Waals surface area contributed by atoms with Crippen molar-refractivity contribution < 1.29 is 13.9 Å². The lowest BCUT2D eigenvalue weighted by Gasteiger charge is -2.04. The monoisotopic (exact) mass is 220 g/mol. The van der Waals surface area contributed by atoms with Gasteiger partial charge in [-0.25, -0.2) is 9.18 Å². The van der Waals surface area contributed by atoms with E-state index in [1.165, 1.54) is 18.2 Å². The smallest absolute Gasteiger partial charge is 0.341 e. The van der Waals surface area contributed by atoms with Crippen molar-refractivity contribution in [2.45, 2.75) is 19.3 Å². The summed E-state index contributed by atoms with van der Waals surface area (Å²) < 4.78 is 18.1. The fourth-order valence-electron chi connectivity index (χ4n) is 1.20. The summed E-state index contributed by atoms with van der Waals surface area (Å²) in [4.78, 5) is 11.4. The highest BCUT2D eigenvalue weighted by molar-refractivity contribution is 5.89. The molecule has 0 amide bonds. The van der Waals surface area contributed by atoms with Crippen molar-refractivity contribution in [3.63, 3.8) is 0 Å². The number of carbonyl (C=O) groups excluding carboxylic acids is 1. The van der Waals surface area contributed by atoms with E-state index in [0.717, 1.165) is 6.42 Å². The summed E-state index contributed by atoms with van der Waals surface area (Å²) in [6.45, 7) is 0.273. The van der Waals surface area contributed by atoms with Crippen molar-refractivity contribution in [3.8, 4) is 12.3 Å². The van der Waals surface area contributed by atoms with Gasteiger partial charge in [0.15, 0.2) is 0 Å². The number of unbranched alkanes of at least 4 members (excludes halogenated alkanes) is 2. The number of halogens is 1. The molecule has 2 nitrogen and oxygen atoms in total. The van der Waals surface area contributed by atoms with E-state index in [1.807, 2.05) is 0 Å². The molecule has 0 aliphatic rings. The van der Waals surface area contributed by atoms with E-state index in [2.05, 4.69) is 5.92 Å². The van der Waals surface area contributed by atoms with Gasteiger partial charge >= 0.3 is 5.97 Å². The van der Waals surface area contributed by atoms with Gasteiger partial charge in [0, 0.05) is 6.42 Å². The first kappa shape index (κ1) is 12.3. The first-order valence-electron chi connectivity index (χ1n) is 5.11. The number of terminal acetylenes is 1. The molecule has 0 saturated heterocycles. The number of esters is 1. The predicted molar refractivity (Wildman–Crippen MR) is 59.4 cm³/mol. The molecule has 3 heteroatoms. The summed E-state index contributed by atoms with van der Waals surface area (Å²) in [7, 11) is 0. The molecule has 1 rings (SSSR count). The molecular weight excluding hydrogens is 207 g/mol. The molecule has 1 aromatic rings. The Morgan fingerprint density at radius 3 is 2.81 bits per heavy atom. The van der Waals surface area contributed by atoms with Crippen molar-refractivity contribution in [2.75, 3.05) is 6.61 Å². The molecule has 0 N–H and O–H groups in total. The van der Waals surface area contributed by atoms with Crippen LogP contribution in [-0.2, 0) is 4.74 Å². The van der Waals surface area contributed by atoms with Gasteiger partial charge in [-0.05, 0) is 25.0 Å². The molecule has 0 saturated carbocycles. The minimum absolute atomic E-state index is 0.0283. The number of hydrogen-bond donors (Lipinski definition) is 0. The van der Waals surface area contributed by atoms with Gasteiger partial charge in [-0.2, -0.15) is 0 Å². The van der Waals surface area contributed by atoms with E-state index in [0.29, 0.717) is 12.8 Å². The third-order valence-corrected chi connectivity index (χ3v) is 2.04. The molecule has 0 bridgehead atoms. The lowest BCUT2D eigenvalue weighted by atomic mass is 10.2. The van der Waals surface area contributed by atoms with Crippen LogP contribution in [0.4, 0.5) is 4.39 Å². The molecule has 84 valence electrons. The quantitative estimate of drug-likeness (QED) is 0.433. The Bertz CT molecular complexity index is 393. The molecule has 0 aliphatic heterocycles. The molecule has 0 fully saturated rings.